The number of aromatic nitrogens is 2. The predicted molar refractivity (Wildman–Crippen MR) is 77.2 cm³/mol. The van der Waals surface area contributed by atoms with Gasteiger partial charge in [-0.1, -0.05) is 0 Å². The van der Waals surface area contributed by atoms with E-state index in [1.54, 1.807) is 12.4 Å². The Balaban J connectivity index is 2.40. The van der Waals surface area contributed by atoms with Crippen LogP contribution in [-0.2, 0) is 4.79 Å². The van der Waals surface area contributed by atoms with Crippen LogP contribution in [0.15, 0.2) is 12.4 Å². The summed E-state index contributed by atoms with van der Waals surface area (Å²) in [6.45, 7) is 8.86. The highest BCUT2D eigenvalue weighted by molar-refractivity contribution is 5.76. The van der Waals surface area contributed by atoms with Gasteiger partial charge >= 0.3 is 0 Å². The number of nitrogens with zero attached hydrogens (tertiary/aromatic N) is 3. The normalized spacial score (nSPS) is 10.1. The van der Waals surface area contributed by atoms with Crippen LogP contribution in [0.25, 0.3) is 0 Å². The Morgan fingerprint density at radius 1 is 1.16 bits per heavy atom. The average molecular weight is 265 g/mol. The monoisotopic (exact) mass is 265 g/mol. The van der Waals surface area contributed by atoms with E-state index < -0.39 is 0 Å². The van der Waals surface area contributed by atoms with Gasteiger partial charge in [0.1, 0.15) is 11.6 Å². The summed E-state index contributed by atoms with van der Waals surface area (Å²) in [4.78, 5) is 22.0. The van der Waals surface area contributed by atoms with E-state index in [4.69, 9.17) is 0 Å². The van der Waals surface area contributed by atoms with E-state index in [1.165, 1.54) is 0 Å². The van der Waals surface area contributed by atoms with Gasteiger partial charge in [0.25, 0.3) is 0 Å². The third-order valence-corrected chi connectivity index (χ3v) is 2.75. The Morgan fingerprint density at radius 2 is 1.79 bits per heavy atom. The number of carbonyl (C=O) groups is 1. The molecular formula is C13H23N5O. The molecule has 19 heavy (non-hydrogen) atoms. The summed E-state index contributed by atoms with van der Waals surface area (Å²) in [5.41, 5.74) is 0. The molecule has 2 N–H and O–H groups in total. The summed E-state index contributed by atoms with van der Waals surface area (Å²) in [5.74, 6) is 1.58. The van der Waals surface area contributed by atoms with E-state index in [9.17, 15) is 4.79 Å². The van der Waals surface area contributed by atoms with Crippen LogP contribution < -0.4 is 10.6 Å². The first-order chi connectivity index (χ1) is 9.21. The molecular weight excluding hydrogens is 242 g/mol. The minimum atomic E-state index is 0.160. The van der Waals surface area contributed by atoms with Gasteiger partial charge in [-0.2, -0.15) is 0 Å². The Hall–Kier alpha value is -1.85. The fourth-order valence-corrected chi connectivity index (χ4v) is 1.75. The van der Waals surface area contributed by atoms with Crippen LogP contribution in [0, 0.1) is 0 Å². The summed E-state index contributed by atoms with van der Waals surface area (Å²) in [7, 11) is 0. The molecule has 0 bridgehead atoms. The van der Waals surface area contributed by atoms with Gasteiger partial charge in [0.2, 0.25) is 5.91 Å². The van der Waals surface area contributed by atoms with Crippen LogP contribution in [0.5, 0.6) is 0 Å². The van der Waals surface area contributed by atoms with E-state index in [1.807, 2.05) is 25.7 Å². The van der Waals surface area contributed by atoms with Gasteiger partial charge in [-0.05, 0) is 20.8 Å². The highest BCUT2D eigenvalue weighted by Crippen LogP contribution is 2.06. The number of rotatable bonds is 8. The van der Waals surface area contributed by atoms with Crippen LogP contribution in [-0.4, -0.2) is 47.0 Å². The lowest BCUT2D eigenvalue weighted by Crippen LogP contribution is -2.31. The lowest BCUT2D eigenvalue weighted by Gasteiger charge is -2.18. The van der Waals surface area contributed by atoms with E-state index in [2.05, 4.69) is 20.6 Å². The lowest BCUT2D eigenvalue weighted by molar-refractivity contribution is -0.130. The molecule has 6 nitrogen and oxygen atoms in total. The van der Waals surface area contributed by atoms with Crippen molar-refractivity contribution in [2.75, 3.05) is 36.8 Å². The van der Waals surface area contributed by atoms with E-state index in [0.717, 1.165) is 25.5 Å². The fraction of sp³-hybridized carbons (Fsp3) is 0.615. The van der Waals surface area contributed by atoms with Gasteiger partial charge in [0.15, 0.2) is 0 Å². The molecule has 1 aromatic heterocycles. The summed E-state index contributed by atoms with van der Waals surface area (Å²) in [6, 6.07) is 0. The zero-order chi connectivity index (χ0) is 14.1. The molecule has 0 atom stereocenters. The molecule has 106 valence electrons. The van der Waals surface area contributed by atoms with Crippen molar-refractivity contribution < 1.29 is 4.79 Å². The summed E-state index contributed by atoms with van der Waals surface area (Å²) in [5, 5.41) is 6.21. The molecule has 1 heterocycles. The van der Waals surface area contributed by atoms with Crippen LogP contribution in [0.2, 0.25) is 0 Å². The second-order valence-electron chi connectivity index (χ2n) is 4.06. The van der Waals surface area contributed by atoms with Crippen molar-refractivity contribution in [3.8, 4) is 0 Å². The number of amides is 1. The molecule has 0 aromatic carbocycles. The Kier molecular flexibility index (Phi) is 6.63. The zero-order valence-corrected chi connectivity index (χ0v) is 11.9. The highest BCUT2D eigenvalue weighted by atomic mass is 16.2. The molecule has 6 heteroatoms. The molecule has 0 saturated heterocycles. The van der Waals surface area contributed by atoms with Crippen LogP contribution in [0.1, 0.15) is 27.2 Å². The molecule has 0 aliphatic carbocycles. The minimum Gasteiger partial charge on any atom is -0.369 e. The second kappa shape index (κ2) is 8.29. The molecule has 0 unspecified atom stereocenters. The summed E-state index contributed by atoms with van der Waals surface area (Å²) in [6.07, 6.45) is 3.80. The quantitative estimate of drug-likeness (QED) is 0.747. The second-order valence-corrected chi connectivity index (χ2v) is 4.06. The molecule has 0 spiro atoms. The predicted octanol–water partition coefficient (Wildman–Crippen LogP) is 1.58. The van der Waals surface area contributed by atoms with E-state index in [0.29, 0.717) is 18.8 Å². The number of anilines is 2. The van der Waals surface area contributed by atoms with Crippen LogP contribution >= 0.6 is 0 Å². The van der Waals surface area contributed by atoms with Crippen molar-refractivity contribution in [2.45, 2.75) is 27.2 Å². The molecule has 0 aliphatic heterocycles. The maximum Gasteiger partial charge on any atom is 0.224 e. The summed E-state index contributed by atoms with van der Waals surface area (Å²) >= 11 is 0. The van der Waals surface area contributed by atoms with E-state index >= 15 is 0 Å². The van der Waals surface area contributed by atoms with Crippen molar-refractivity contribution in [1.29, 1.82) is 0 Å². The van der Waals surface area contributed by atoms with Crippen LogP contribution in [0.3, 0.4) is 0 Å². The summed E-state index contributed by atoms with van der Waals surface area (Å²) < 4.78 is 0. The third kappa shape index (κ3) is 5.11. The van der Waals surface area contributed by atoms with Crippen LogP contribution in [0.4, 0.5) is 11.6 Å². The molecule has 1 amide bonds. The third-order valence-electron chi connectivity index (χ3n) is 2.75. The largest absolute Gasteiger partial charge is 0.369 e. The molecule has 1 rings (SSSR count). The topological polar surface area (TPSA) is 70.2 Å². The SMILES string of the molecule is CCNc1cncc(NCCC(=O)N(CC)CC)n1. The van der Waals surface area contributed by atoms with Crippen molar-refractivity contribution in [3.63, 3.8) is 0 Å². The van der Waals surface area contributed by atoms with Gasteiger partial charge in [-0.25, -0.2) is 4.98 Å². The Morgan fingerprint density at radius 3 is 2.37 bits per heavy atom. The van der Waals surface area contributed by atoms with Gasteiger partial charge in [0, 0.05) is 32.6 Å². The van der Waals surface area contributed by atoms with E-state index in [-0.39, 0.29) is 5.91 Å². The molecule has 0 fully saturated rings. The number of nitrogens with one attached hydrogen (secondary N) is 2. The average Bonchev–Trinajstić information content (AvgIpc) is 2.41. The zero-order valence-electron chi connectivity index (χ0n) is 11.9. The number of carbonyl (C=O) groups excluding carboxylic acids is 1. The maximum atomic E-state index is 11.8. The lowest BCUT2D eigenvalue weighted by atomic mass is 10.3. The number of hydrogen-bond donors (Lipinski definition) is 2. The van der Waals surface area contributed by atoms with Gasteiger partial charge in [-0.3, -0.25) is 9.78 Å². The Labute approximate surface area is 114 Å². The first-order valence-electron chi connectivity index (χ1n) is 6.78. The molecule has 0 aliphatic rings. The first kappa shape index (κ1) is 15.2. The highest BCUT2D eigenvalue weighted by Gasteiger charge is 2.08. The van der Waals surface area contributed by atoms with Crippen molar-refractivity contribution >= 4 is 17.5 Å². The molecule has 0 radical (unpaired) electrons. The maximum absolute atomic E-state index is 11.8. The first-order valence-corrected chi connectivity index (χ1v) is 6.78. The molecule has 1 aromatic rings. The minimum absolute atomic E-state index is 0.160. The van der Waals surface area contributed by atoms with Crippen molar-refractivity contribution in [2.24, 2.45) is 0 Å². The standard InChI is InChI=1S/C13H23N5O/c1-4-15-11-9-14-10-12(17-11)16-8-7-13(19)18(5-2)6-3/h9-10H,4-8H2,1-3H3,(H2,15,16,17). The van der Waals surface area contributed by atoms with Crippen molar-refractivity contribution in [1.82, 2.24) is 14.9 Å². The fourth-order valence-electron chi connectivity index (χ4n) is 1.75. The van der Waals surface area contributed by atoms with Gasteiger partial charge in [0.05, 0.1) is 12.4 Å². The number of hydrogen-bond acceptors (Lipinski definition) is 5. The van der Waals surface area contributed by atoms with Crippen molar-refractivity contribution in [3.05, 3.63) is 12.4 Å². The van der Waals surface area contributed by atoms with Gasteiger partial charge in [-0.15, -0.1) is 0 Å². The smallest absolute Gasteiger partial charge is 0.224 e. The Bertz CT molecular complexity index is 392. The van der Waals surface area contributed by atoms with Gasteiger partial charge < -0.3 is 15.5 Å². The molecule has 0 saturated carbocycles.